The summed E-state index contributed by atoms with van der Waals surface area (Å²) in [4.78, 5) is 11.9. The highest BCUT2D eigenvalue weighted by Crippen LogP contribution is 2.04. The predicted molar refractivity (Wildman–Crippen MR) is 46.6 cm³/mol. The van der Waals surface area contributed by atoms with Gasteiger partial charge in [-0.05, 0) is 0 Å². The van der Waals surface area contributed by atoms with E-state index in [4.69, 9.17) is 5.11 Å². The second kappa shape index (κ2) is 3.36. The molecule has 2 aromatic heterocycles. The topological polar surface area (TPSA) is 75.9 Å². The fourth-order valence-electron chi connectivity index (χ4n) is 1.05. The molecule has 0 saturated carbocycles. The summed E-state index contributed by atoms with van der Waals surface area (Å²) in [6, 6.07) is 0. The van der Waals surface area contributed by atoms with E-state index in [0.29, 0.717) is 12.2 Å². The van der Waals surface area contributed by atoms with Crippen LogP contribution in [0.25, 0.3) is 11.2 Å². The minimum Gasteiger partial charge on any atom is -0.394 e. The van der Waals surface area contributed by atoms with Gasteiger partial charge in [-0.15, -0.1) is 0 Å². The zero-order valence-corrected chi connectivity index (χ0v) is 6.88. The Bertz CT molecular complexity index is 398. The highest BCUT2D eigenvalue weighted by molar-refractivity contribution is 5.69. The van der Waals surface area contributed by atoms with E-state index in [0.717, 1.165) is 5.52 Å². The summed E-state index contributed by atoms with van der Waals surface area (Å²) in [5.41, 5.74) is 4.37. The van der Waals surface area contributed by atoms with Crippen LogP contribution in [0.15, 0.2) is 18.9 Å². The lowest BCUT2D eigenvalue weighted by Gasteiger charge is -2.03. The molecule has 0 spiro atoms. The highest BCUT2D eigenvalue weighted by atomic mass is 16.3. The molecular weight excluding hydrogens is 170 g/mol. The molecule has 0 amide bonds. The van der Waals surface area contributed by atoms with Crippen molar-refractivity contribution in [3.63, 3.8) is 0 Å². The number of aliphatic hydroxyl groups excluding tert-OH is 1. The molecule has 0 saturated heterocycles. The minimum atomic E-state index is 0.0742. The maximum atomic E-state index is 8.61. The molecular formula is C7H9N5O. The Morgan fingerprint density at radius 1 is 1.46 bits per heavy atom. The molecule has 0 unspecified atom stereocenters. The standard InChI is InChI=1S/C7H9N5O/c13-2-1-11-12-5-10-6-3-8-4-9-7(6)12/h3-5,11,13H,1-2H2. The third-order valence-corrected chi connectivity index (χ3v) is 1.61. The Balaban J connectivity index is 2.35. The number of nitrogens with zero attached hydrogens (tertiary/aromatic N) is 4. The van der Waals surface area contributed by atoms with Crippen LogP contribution in [-0.2, 0) is 0 Å². The molecule has 0 aliphatic carbocycles. The minimum absolute atomic E-state index is 0.0742. The summed E-state index contributed by atoms with van der Waals surface area (Å²) < 4.78 is 1.66. The molecule has 0 aliphatic heterocycles. The van der Waals surface area contributed by atoms with Crippen LogP contribution in [0.5, 0.6) is 0 Å². The van der Waals surface area contributed by atoms with Gasteiger partial charge in [0.05, 0.1) is 19.3 Å². The predicted octanol–water partition coefficient (Wildman–Crippen LogP) is -0.638. The Morgan fingerprint density at radius 3 is 3.23 bits per heavy atom. The average Bonchev–Trinajstić information content (AvgIpc) is 2.58. The summed E-state index contributed by atoms with van der Waals surface area (Å²) in [5.74, 6) is 0. The lowest BCUT2D eigenvalue weighted by molar-refractivity contribution is 0.307. The van der Waals surface area contributed by atoms with E-state index in [1.807, 2.05) is 0 Å². The fraction of sp³-hybridized carbons (Fsp3) is 0.286. The Labute approximate surface area is 74.2 Å². The number of hydrogen-bond acceptors (Lipinski definition) is 5. The van der Waals surface area contributed by atoms with Gasteiger partial charge in [-0.1, -0.05) is 0 Å². The van der Waals surface area contributed by atoms with Gasteiger partial charge in [0, 0.05) is 0 Å². The Kier molecular flexibility index (Phi) is 2.05. The Morgan fingerprint density at radius 2 is 2.38 bits per heavy atom. The average molecular weight is 179 g/mol. The summed E-state index contributed by atoms with van der Waals surface area (Å²) >= 11 is 0. The first-order valence-electron chi connectivity index (χ1n) is 3.89. The van der Waals surface area contributed by atoms with Gasteiger partial charge >= 0.3 is 0 Å². The highest BCUT2D eigenvalue weighted by Gasteiger charge is 2.01. The van der Waals surface area contributed by atoms with E-state index >= 15 is 0 Å². The number of rotatable bonds is 3. The Hall–Kier alpha value is -1.69. The maximum absolute atomic E-state index is 8.61. The van der Waals surface area contributed by atoms with E-state index in [9.17, 15) is 0 Å². The summed E-state index contributed by atoms with van der Waals surface area (Å²) in [7, 11) is 0. The van der Waals surface area contributed by atoms with Crippen LogP contribution in [0, 0.1) is 0 Å². The molecule has 6 nitrogen and oxygen atoms in total. The van der Waals surface area contributed by atoms with Crippen molar-refractivity contribution in [3.05, 3.63) is 18.9 Å². The molecule has 0 bridgehead atoms. The van der Waals surface area contributed by atoms with Crippen LogP contribution in [0.1, 0.15) is 0 Å². The second-order valence-electron chi connectivity index (χ2n) is 2.48. The molecule has 2 N–H and O–H groups in total. The molecule has 0 aliphatic rings. The van der Waals surface area contributed by atoms with Gasteiger partial charge in [0.1, 0.15) is 18.2 Å². The lowest BCUT2D eigenvalue weighted by atomic mass is 10.6. The van der Waals surface area contributed by atoms with Crippen molar-refractivity contribution in [3.8, 4) is 0 Å². The van der Waals surface area contributed by atoms with E-state index < -0.39 is 0 Å². The molecule has 2 rings (SSSR count). The quantitative estimate of drug-likeness (QED) is 0.655. The molecule has 68 valence electrons. The molecule has 2 heterocycles. The first kappa shape index (κ1) is 7.93. The number of nitrogens with one attached hydrogen (secondary N) is 1. The van der Waals surface area contributed by atoms with Gasteiger partial charge in [-0.3, -0.25) is 0 Å². The smallest absolute Gasteiger partial charge is 0.181 e. The molecule has 0 fully saturated rings. The van der Waals surface area contributed by atoms with Gasteiger partial charge in [0.15, 0.2) is 5.65 Å². The number of fused-ring (bicyclic) bond motifs is 1. The van der Waals surface area contributed by atoms with Crippen molar-refractivity contribution < 1.29 is 5.11 Å². The van der Waals surface area contributed by atoms with Gasteiger partial charge in [-0.2, -0.15) is 0 Å². The largest absolute Gasteiger partial charge is 0.394 e. The summed E-state index contributed by atoms with van der Waals surface area (Å²) in [6.07, 6.45) is 4.70. The third kappa shape index (κ3) is 1.43. The van der Waals surface area contributed by atoms with Crippen molar-refractivity contribution in [2.24, 2.45) is 0 Å². The molecule has 0 atom stereocenters. The number of hydrogen-bond donors (Lipinski definition) is 2. The second-order valence-corrected chi connectivity index (χ2v) is 2.48. The maximum Gasteiger partial charge on any atom is 0.181 e. The van der Waals surface area contributed by atoms with E-state index in [1.54, 1.807) is 17.2 Å². The SMILES string of the molecule is OCCNn1cnc2cncnc21. The summed E-state index contributed by atoms with van der Waals surface area (Å²) in [6.45, 7) is 0.542. The van der Waals surface area contributed by atoms with E-state index in [-0.39, 0.29) is 6.61 Å². The first-order chi connectivity index (χ1) is 6.42. The molecule has 6 heteroatoms. The number of aromatic nitrogens is 4. The first-order valence-corrected chi connectivity index (χ1v) is 3.89. The van der Waals surface area contributed by atoms with Crippen molar-refractivity contribution in [2.75, 3.05) is 18.6 Å². The van der Waals surface area contributed by atoms with Crippen molar-refractivity contribution in [1.82, 2.24) is 19.6 Å². The van der Waals surface area contributed by atoms with Crippen molar-refractivity contribution in [2.45, 2.75) is 0 Å². The van der Waals surface area contributed by atoms with Crippen LogP contribution in [0.3, 0.4) is 0 Å². The normalized spacial score (nSPS) is 10.5. The third-order valence-electron chi connectivity index (χ3n) is 1.61. The van der Waals surface area contributed by atoms with Crippen LogP contribution in [-0.4, -0.2) is 37.9 Å². The fourth-order valence-corrected chi connectivity index (χ4v) is 1.05. The van der Waals surface area contributed by atoms with Crippen molar-refractivity contribution in [1.29, 1.82) is 0 Å². The van der Waals surface area contributed by atoms with Crippen LogP contribution in [0.4, 0.5) is 0 Å². The molecule has 0 aromatic carbocycles. The van der Waals surface area contributed by atoms with Gasteiger partial charge in [0.25, 0.3) is 0 Å². The molecule has 0 radical (unpaired) electrons. The lowest BCUT2D eigenvalue weighted by Crippen LogP contribution is -2.17. The van der Waals surface area contributed by atoms with Crippen LogP contribution in [0.2, 0.25) is 0 Å². The van der Waals surface area contributed by atoms with Gasteiger partial charge in [0.2, 0.25) is 0 Å². The zero-order valence-electron chi connectivity index (χ0n) is 6.88. The van der Waals surface area contributed by atoms with E-state index in [2.05, 4.69) is 20.4 Å². The summed E-state index contributed by atoms with van der Waals surface area (Å²) in [5, 5.41) is 8.61. The molecule has 2 aromatic rings. The van der Waals surface area contributed by atoms with Crippen LogP contribution < -0.4 is 5.43 Å². The number of aliphatic hydroxyl groups is 1. The van der Waals surface area contributed by atoms with E-state index in [1.165, 1.54) is 6.33 Å². The van der Waals surface area contributed by atoms with Gasteiger partial charge < -0.3 is 10.5 Å². The van der Waals surface area contributed by atoms with Gasteiger partial charge in [-0.25, -0.2) is 19.6 Å². The van der Waals surface area contributed by atoms with Crippen LogP contribution >= 0.6 is 0 Å². The molecule has 13 heavy (non-hydrogen) atoms. The van der Waals surface area contributed by atoms with Crippen molar-refractivity contribution >= 4 is 11.2 Å². The monoisotopic (exact) mass is 179 g/mol. The number of imidazole rings is 1. The zero-order chi connectivity index (χ0) is 9.10.